The lowest BCUT2D eigenvalue weighted by Gasteiger charge is -2.13. The molecule has 0 radical (unpaired) electrons. The molecule has 1 aromatic heterocycles. The molecule has 4 heteroatoms. The molecular formula is C27H31N3S. The average Bonchev–Trinajstić information content (AvgIpc) is 3.17. The largest absolute Gasteiger partial charge is 0.372 e. The van der Waals surface area contributed by atoms with Crippen molar-refractivity contribution >= 4 is 28.9 Å². The highest BCUT2D eigenvalue weighted by molar-refractivity contribution is 7.81. The number of thiocarbonyl (C=S) groups is 1. The normalized spacial score (nSPS) is 12.2. The molecule has 0 fully saturated rings. The Morgan fingerprint density at radius 2 is 1.65 bits per heavy atom. The molecule has 2 aromatic carbocycles. The number of hydrogen-bond acceptors (Lipinski definition) is 2. The van der Waals surface area contributed by atoms with Crippen LogP contribution in [0.15, 0.2) is 66.4 Å². The minimum Gasteiger partial charge on any atom is -0.372 e. The van der Waals surface area contributed by atoms with Gasteiger partial charge >= 0.3 is 0 Å². The fourth-order valence-corrected chi connectivity index (χ4v) is 3.62. The number of hydrogen-bond donors (Lipinski definition) is 1. The Morgan fingerprint density at radius 1 is 1.03 bits per heavy atom. The van der Waals surface area contributed by atoms with Gasteiger partial charge in [-0.05, 0) is 57.9 Å². The van der Waals surface area contributed by atoms with Gasteiger partial charge in [-0.25, -0.2) is 4.68 Å². The minimum absolute atomic E-state index is 0.696. The predicted molar refractivity (Wildman–Crippen MR) is 137 cm³/mol. The highest BCUT2D eigenvalue weighted by Gasteiger charge is 2.17. The molecule has 160 valence electrons. The van der Waals surface area contributed by atoms with Crippen LogP contribution < -0.4 is 5.32 Å². The third-order valence-electron chi connectivity index (χ3n) is 5.42. The quantitative estimate of drug-likeness (QED) is 0.330. The van der Waals surface area contributed by atoms with Crippen LogP contribution in [0.5, 0.6) is 0 Å². The number of rotatable bonds is 7. The van der Waals surface area contributed by atoms with Crippen molar-refractivity contribution in [2.75, 3.05) is 0 Å². The molecule has 0 bridgehead atoms. The van der Waals surface area contributed by atoms with Gasteiger partial charge < -0.3 is 5.32 Å². The smallest absolute Gasteiger partial charge is 0.107 e. The van der Waals surface area contributed by atoms with Crippen LogP contribution in [0.25, 0.3) is 17.3 Å². The second-order valence-electron chi connectivity index (χ2n) is 7.91. The number of nitrogens with zero attached hydrogens (tertiary/aromatic N) is 2. The lowest BCUT2D eigenvalue weighted by Crippen LogP contribution is -2.22. The third-order valence-corrected chi connectivity index (χ3v) is 5.79. The van der Waals surface area contributed by atoms with Gasteiger partial charge in [0.05, 0.1) is 17.6 Å². The first-order valence-electron chi connectivity index (χ1n) is 10.8. The highest BCUT2D eigenvalue weighted by atomic mass is 32.1. The molecule has 0 aliphatic heterocycles. The second-order valence-corrected chi connectivity index (χ2v) is 8.31. The molecular weight excluding hydrogens is 398 g/mol. The molecule has 0 aliphatic rings. The van der Waals surface area contributed by atoms with Gasteiger partial charge in [-0.3, -0.25) is 0 Å². The zero-order valence-electron chi connectivity index (χ0n) is 19.1. The van der Waals surface area contributed by atoms with E-state index in [4.69, 9.17) is 17.3 Å². The van der Waals surface area contributed by atoms with E-state index >= 15 is 0 Å². The Balaban J connectivity index is 1.94. The zero-order chi connectivity index (χ0) is 22.4. The summed E-state index contributed by atoms with van der Waals surface area (Å²) < 4.78 is 2.00. The van der Waals surface area contributed by atoms with Gasteiger partial charge in [0.1, 0.15) is 4.99 Å². The lowest BCUT2D eigenvalue weighted by atomic mass is 10.0. The van der Waals surface area contributed by atoms with E-state index < -0.39 is 0 Å². The topological polar surface area (TPSA) is 29.9 Å². The summed E-state index contributed by atoms with van der Waals surface area (Å²) in [6.07, 6.45) is 7.19. The summed E-state index contributed by atoms with van der Waals surface area (Å²) in [5.74, 6) is 0. The molecule has 0 atom stereocenters. The van der Waals surface area contributed by atoms with Gasteiger partial charge in [-0.2, -0.15) is 5.10 Å². The molecule has 0 unspecified atom stereocenters. The van der Waals surface area contributed by atoms with Crippen LogP contribution in [0, 0.1) is 13.8 Å². The Kier molecular flexibility index (Phi) is 7.59. The number of nitrogens with one attached hydrogen (secondary N) is 1. The zero-order valence-corrected chi connectivity index (χ0v) is 19.9. The lowest BCUT2D eigenvalue weighted by molar-refractivity contribution is 0.868. The average molecular weight is 430 g/mol. The van der Waals surface area contributed by atoms with Gasteiger partial charge in [-0.1, -0.05) is 78.3 Å². The van der Waals surface area contributed by atoms with Crippen molar-refractivity contribution < 1.29 is 0 Å². The van der Waals surface area contributed by atoms with Gasteiger partial charge in [0.15, 0.2) is 0 Å². The van der Waals surface area contributed by atoms with Crippen LogP contribution in [-0.4, -0.2) is 14.8 Å². The van der Waals surface area contributed by atoms with Crippen LogP contribution in [-0.2, 0) is 6.54 Å². The summed E-state index contributed by atoms with van der Waals surface area (Å²) in [7, 11) is 0. The van der Waals surface area contributed by atoms with Crippen LogP contribution in [0.4, 0.5) is 0 Å². The van der Waals surface area contributed by atoms with Crippen molar-refractivity contribution in [2.45, 2.75) is 47.6 Å². The van der Waals surface area contributed by atoms with Crippen LogP contribution in [0.3, 0.4) is 0 Å². The molecule has 0 aliphatic carbocycles. The fourth-order valence-electron chi connectivity index (χ4n) is 3.32. The fraction of sp³-hybridized carbons (Fsp3) is 0.259. The van der Waals surface area contributed by atoms with Crippen molar-refractivity contribution in [1.82, 2.24) is 15.1 Å². The molecule has 31 heavy (non-hydrogen) atoms. The summed E-state index contributed by atoms with van der Waals surface area (Å²) >= 11 is 5.79. The first kappa shape index (κ1) is 22.7. The summed E-state index contributed by atoms with van der Waals surface area (Å²) in [4.78, 5) is 0.732. The van der Waals surface area contributed by atoms with Gasteiger partial charge in [0.2, 0.25) is 0 Å². The van der Waals surface area contributed by atoms with Gasteiger partial charge in [0, 0.05) is 17.7 Å². The summed E-state index contributed by atoms with van der Waals surface area (Å²) in [5.41, 5.74) is 9.12. The van der Waals surface area contributed by atoms with E-state index in [0.29, 0.717) is 6.54 Å². The maximum absolute atomic E-state index is 5.79. The first-order chi connectivity index (χ1) is 14.9. The SMILES string of the molecule is C/C=C(/C(=S)NCc1ccc(C)cc1)c1cnn(-c2ccc(C)cc2)c1/C=C(\C)CC. The van der Waals surface area contributed by atoms with Crippen molar-refractivity contribution in [3.63, 3.8) is 0 Å². The van der Waals surface area contributed by atoms with Crippen LogP contribution >= 0.6 is 12.2 Å². The van der Waals surface area contributed by atoms with Crippen LogP contribution in [0.2, 0.25) is 0 Å². The molecule has 0 spiro atoms. The van der Waals surface area contributed by atoms with Crippen molar-refractivity contribution in [3.8, 4) is 5.69 Å². The van der Waals surface area contributed by atoms with Gasteiger partial charge in [-0.15, -0.1) is 0 Å². The van der Waals surface area contributed by atoms with Crippen molar-refractivity contribution in [1.29, 1.82) is 0 Å². The molecule has 1 N–H and O–H groups in total. The Hall–Kier alpha value is -2.98. The summed E-state index contributed by atoms with van der Waals surface area (Å²) in [6, 6.07) is 16.9. The third kappa shape index (κ3) is 5.59. The Bertz CT molecular complexity index is 1100. The van der Waals surface area contributed by atoms with E-state index in [1.54, 1.807) is 0 Å². The predicted octanol–water partition coefficient (Wildman–Crippen LogP) is 6.82. The highest BCUT2D eigenvalue weighted by Crippen LogP contribution is 2.26. The molecule has 1 heterocycles. The summed E-state index contributed by atoms with van der Waals surface area (Å²) in [5, 5.41) is 8.15. The molecule has 3 rings (SSSR count). The minimum atomic E-state index is 0.696. The Labute approximate surface area is 191 Å². The number of aromatic nitrogens is 2. The standard InChI is InChI=1S/C27H31N3S/c1-6-19(3)16-26-25(18-29-30(26)23-14-10-21(5)11-15-23)24(7-2)27(31)28-17-22-12-8-20(4)9-13-22/h7-16,18H,6,17H2,1-5H3,(H,28,31)/b19-16+,24-7+. The molecule has 0 amide bonds. The maximum Gasteiger partial charge on any atom is 0.107 e. The molecule has 3 nitrogen and oxygen atoms in total. The first-order valence-corrected chi connectivity index (χ1v) is 11.2. The van der Waals surface area contributed by atoms with E-state index in [1.165, 1.54) is 22.3 Å². The number of aryl methyl sites for hydroxylation is 2. The van der Waals surface area contributed by atoms with E-state index in [-0.39, 0.29) is 0 Å². The van der Waals surface area contributed by atoms with Crippen molar-refractivity contribution in [2.24, 2.45) is 0 Å². The van der Waals surface area contributed by atoms with E-state index in [1.807, 2.05) is 17.8 Å². The van der Waals surface area contributed by atoms with E-state index in [9.17, 15) is 0 Å². The molecule has 0 saturated heterocycles. The van der Waals surface area contributed by atoms with E-state index in [0.717, 1.165) is 33.9 Å². The molecule has 3 aromatic rings. The maximum atomic E-state index is 5.79. The summed E-state index contributed by atoms with van der Waals surface area (Å²) in [6.45, 7) is 11.2. The monoisotopic (exact) mass is 429 g/mol. The Morgan fingerprint density at radius 3 is 2.23 bits per heavy atom. The second kappa shape index (κ2) is 10.4. The van der Waals surface area contributed by atoms with Crippen LogP contribution in [0.1, 0.15) is 55.1 Å². The van der Waals surface area contributed by atoms with Crippen molar-refractivity contribution in [3.05, 3.63) is 94.3 Å². The molecule has 0 saturated carbocycles. The van der Waals surface area contributed by atoms with Gasteiger partial charge in [0.25, 0.3) is 0 Å². The number of allylic oxidation sites excluding steroid dienone is 2. The number of benzene rings is 2. The van der Waals surface area contributed by atoms with E-state index in [2.05, 4.69) is 93.7 Å².